The first-order chi connectivity index (χ1) is 10.4. The zero-order valence-corrected chi connectivity index (χ0v) is 13.0. The zero-order chi connectivity index (χ0) is 16.2. The lowest BCUT2D eigenvalue weighted by Gasteiger charge is -2.29. The van der Waals surface area contributed by atoms with Gasteiger partial charge in [-0.3, -0.25) is 4.79 Å². The second-order valence-corrected chi connectivity index (χ2v) is 6.39. The summed E-state index contributed by atoms with van der Waals surface area (Å²) in [6, 6.07) is 0.970. The van der Waals surface area contributed by atoms with Crippen LogP contribution in [0.2, 0.25) is 0 Å². The minimum Gasteiger partial charge on any atom is -0.352 e. The van der Waals surface area contributed by atoms with Crippen molar-refractivity contribution in [1.29, 1.82) is 0 Å². The topological polar surface area (TPSA) is 54.9 Å². The molecule has 1 aromatic rings. The summed E-state index contributed by atoms with van der Waals surface area (Å²) >= 11 is 0.914. The van der Waals surface area contributed by atoms with Crippen molar-refractivity contribution in [2.75, 3.05) is 5.75 Å². The summed E-state index contributed by atoms with van der Waals surface area (Å²) in [5, 5.41) is 2.91. The van der Waals surface area contributed by atoms with Crippen molar-refractivity contribution in [2.24, 2.45) is 5.92 Å². The Hall–Kier alpha value is -1.31. The Morgan fingerprint density at radius 3 is 2.82 bits per heavy atom. The molecule has 1 aromatic heterocycles. The van der Waals surface area contributed by atoms with Crippen molar-refractivity contribution >= 4 is 17.7 Å². The summed E-state index contributed by atoms with van der Waals surface area (Å²) < 4.78 is 37.6. The summed E-state index contributed by atoms with van der Waals surface area (Å²) in [4.78, 5) is 19.1. The third kappa shape index (κ3) is 4.86. The molecule has 0 aromatic carbocycles. The Labute approximate surface area is 131 Å². The minimum atomic E-state index is -4.50. The number of nitrogens with one attached hydrogen (secondary N) is 1. The van der Waals surface area contributed by atoms with Gasteiger partial charge in [0.2, 0.25) is 5.91 Å². The quantitative estimate of drug-likeness (QED) is 0.679. The van der Waals surface area contributed by atoms with Gasteiger partial charge in [-0.05, 0) is 24.8 Å². The first-order valence-electron chi connectivity index (χ1n) is 7.18. The number of carbonyl (C=O) groups is 1. The van der Waals surface area contributed by atoms with Crippen LogP contribution in [0.3, 0.4) is 0 Å². The van der Waals surface area contributed by atoms with Gasteiger partial charge in [-0.1, -0.05) is 31.5 Å². The standard InChI is InChI=1S/C14H18F3N3OS/c1-9-4-2-3-5-10(9)19-12(21)8-22-13-18-7-6-11(20-13)14(15,16)17/h6-7,9-10H,2-5,8H2,1H3,(H,19,21)/t9-,10+/m0/s1. The molecule has 0 radical (unpaired) electrons. The lowest BCUT2D eigenvalue weighted by Crippen LogP contribution is -2.41. The zero-order valence-electron chi connectivity index (χ0n) is 12.2. The second kappa shape index (κ2) is 7.30. The maximum atomic E-state index is 12.5. The van der Waals surface area contributed by atoms with Crippen LogP contribution < -0.4 is 5.32 Å². The predicted octanol–water partition coefficient (Wildman–Crippen LogP) is 3.28. The predicted molar refractivity (Wildman–Crippen MR) is 77.3 cm³/mol. The molecule has 2 atom stereocenters. The molecule has 4 nitrogen and oxygen atoms in total. The highest BCUT2D eigenvalue weighted by atomic mass is 32.2. The van der Waals surface area contributed by atoms with Crippen LogP contribution in [0.4, 0.5) is 13.2 Å². The van der Waals surface area contributed by atoms with Gasteiger partial charge in [0.05, 0.1) is 5.75 Å². The molecule has 1 saturated carbocycles. The first kappa shape index (κ1) is 17.1. The van der Waals surface area contributed by atoms with Crippen molar-refractivity contribution in [2.45, 2.75) is 50.0 Å². The highest BCUT2D eigenvalue weighted by molar-refractivity contribution is 7.99. The molecule has 1 amide bonds. The van der Waals surface area contributed by atoms with Crippen molar-refractivity contribution in [3.05, 3.63) is 18.0 Å². The van der Waals surface area contributed by atoms with Gasteiger partial charge in [-0.15, -0.1) is 0 Å². The van der Waals surface area contributed by atoms with E-state index in [4.69, 9.17) is 0 Å². The Morgan fingerprint density at radius 1 is 1.41 bits per heavy atom. The van der Waals surface area contributed by atoms with Crippen molar-refractivity contribution in [3.8, 4) is 0 Å². The molecule has 1 heterocycles. The van der Waals surface area contributed by atoms with E-state index >= 15 is 0 Å². The van der Waals surface area contributed by atoms with Gasteiger partial charge in [0, 0.05) is 12.2 Å². The van der Waals surface area contributed by atoms with E-state index in [0.29, 0.717) is 5.92 Å². The highest BCUT2D eigenvalue weighted by Gasteiger charge is 2.32. The second-order valence-electron chi connectivity index (χ2n) is 5.45. The van der Waals surface area contributed by atoms with Crippen molar-refractivity contribution in [3.63, 3.8) is 0 Å². The number of alkyl halides is 3. The number of aromatic nitrogens is 2. The van der Waals surface area contributed by atoms with Crippen LogP contribution in [0.5, 0.6) is 0 Å². The number of carbonyl (C=O) groups excluding carboxylic acids is 1. The number of amides is 1. The summed E-state index contributed by atoms with van der Waals surface area (Å²) in [5.41, 5.74) is -0.994. The van der Waals surface area contributed by atoms with Crippen LogP contribution >= 0.6 is 11.8 Å². The summed E-state index contributed by atoms with van der Waals surface area (Å²) in [5.74, 6) is 0.266. The number of hydrogen-bond acceptors (Lipinski definition) is 4. The molecule has 1 fully saturated rings. The van der Waals surface area contributed by atoms with E-state index in [1.165, 1.54) is 6.42 Å². The van der Waals surface area contributed by atoms with Gasteiger partial charge in [0.25, 0.3) is 0 Å². The minimum absolute atomic E-state index is 0.0184. The Kier molecular flexibility index (Phi) is 5.66. The molecular formula is C14H18F3N3OS. The smallest absolute Gasteiger partial charge is 0.352 e. The first-order valence-corrected chi connectivity index (χ1v) is 8.17. The monoisotopic (exact) mass is 333 g/mol. The molecule has 0 aliphatic heterocycles. The van der Waals surface area contributed by atoms with Crippen LogP contribution in [-0.2, 0) is 11.0 Å². The average Bonchev–Trinajstić information content (AvgIpc) is 2.47. The lowest BCUT2D eigenvalue weighted by atomic mass is 9.86. The Balaban J connectivity index is 1.86. The van der Waals surface area contributed by atoms with E-state index in [1.54, 1.807) is 0 Å². The van der Waals surface area contributed by atoms with Crippen molar-refractivity contribution < 1.29 is 18.0 Å². The number of hydrogen-bond donors (Lipinski definition) is 1. The average molecular weight is 333 g/mol. The fraction of sp³-hybridized carbons (Fsp3) is 0.643. The highest BCUT2D eigenvalue weighted by Crippen LogP contribution is 2.28. The SMILES string of the molecule is C[C@H]1CCCC[C@H]1NC(=O)CSc1nccc(C(F)(F)F)n1. The number of rotatable bonds is 4. The van der Waals surface area contributed by atoms with Crippen LogP contribution in [0.15, 0.2) is 17.4 Å². The van der Waals surface area contributed by atoms with Gasteiger partial charge in [0.1, 0.15) is 5.69 Å². The number of thioether (sulfide) groups is 1. The van der Waals surface area contributed by atoms with E-state index in [1.807, 2.05) is 0 Å². The number of halogens is 3. The van der Waals surface area contributed by atoms with Crippen LogP contribution in [0.1, 0.15) is 38.3 Å². The van der Waals surface area contributed by atoms with Gasteiger partial charge >= 0.3 is 6.18 Å². The molecule has 0 bridgehead atoms. The lowest BCUT2D eigenvalue weighted by molar-refractivity contribution is -0.141. The third-order valence-corrected chi connectivity index (χ3v) is 4.58. The fourth-order valence-electron chi connectivity index (χ4n) is 2.48. The van der Waals surface area contributed by atoms with Gasteiger partial charge in [-0.25, -0.2) is 9.97 Å². The maximum absolute atomic E-state index is 12.5. The Morgan fingerprint density at radius 2 is 2.14 bits per heavy atom. The molecule has 22 heavy (non-hydrogen) atoms. The molecule has 1 aliphatic rings. The molecule has 122 valence electrons. The van der Waals surface area contributed by atoms with E-state index in [9.17, 15) is 18.0 Å². The van der Waals surface area contributed by atoms with E-state index < -0.39 is 11.9 Å². The fourth-order valence-corrected chi connectivity index (χ4v) is 3.12. The molecular weight excluding hydrogens is 315 g/mol. The van der Waals surface area contributed by atoms with Gasteiger partial charge in [0.15, 0.2) is 5.16 Å². The molecule has 0 spiro atoms. The normalized spacial score (nSPS) is 22.4. The van der Waals surface area contributed by atoms with Gasteiger partial charge < -0.3 is 5.32 Å². The van der Waals surface area contributed by atoms with E-state index in [-0.39, 0.29) is 22.9 Å². The molecule has 1 N–H and O–H groups in total. The van der Waals surface area contributed by atoms with E-state index in [2.05, 4.69) is 22.2 Å². The van der Waals surface area contributed by atoms with E-state index in [0.717, 1.165) is 43.3 Å². The molecule has 2 rings (SSSR count). The summed E-state index contributed by atoms with van der Waals surface area (Å²) in [6.07, 6.45) is 0.878. The molecule has 0 unspecified atom stereocenters. The van der Waals surface area contributed by atoms with Crippen molar-refractivity contribution in [1.82, 2.24) is 15.3 Å². The third-order valence-electron chi connectivity index (χ3n) is 3.71. The summed E-state index contributed by atoms with van der Waals surface area (Å²) in [7, 11) is 0. The molecule has 8 heteroatoms. The Bertz CT molecular complexity index is 524. The largest absolute Gasteiger partial charge is 0.433 e. The van der Waals surface area contributed by atoms with Crippen LogP contribution in [0, 0.1) is 5.92 Å². The molecule has 0 saturated heterocycles. The number of nitrogens with zero attached hydrogens (tertiary/aromatic N) is 2. The summed E-state index contributed by atoms with van der Waals surface area (Å²) in [6.45, 7) is 2.10. The van der Waals surface area contributed by atoms with Crippen LogP contribution in [0.25, 0.3) is 0 Å². The molecule has 1 aliphatic carbocycles. The van der Waals surface area contributed by atoms with Crippen LogP contribution in [-0.4, -0.2) is 27.7 Å². The van der Waals surface area contributed by atoms with Gasteiger partial charge in [-0.2, -0.15) is 13.2 Å². The maximum Gasteiger partial charge on any atom is 0.433 e.